The maximum atomic E-state index is 11.3. The molecule has 0 bridgehead atoms. The fourth-order valence-corrected chi connectivity index (χ4v) is 5.07. The van der Waals surface area contributed by atoms with Crippen molar-refractivity contribution in [2.75, 3.05) is 12.4 Å². The number of ether oxygens (including phenoxy) is 4. The predicted molar refractivity (Wildman–Crippen MR) is 139 cm³/mol. The number of aliphatic hydroxyl groups is 1. The summed E-state index contributed by atoms with van der Waals surface area (Å²) >= 11 is 1.66. The molecule has 35 heavy (non-hydrogen) atoms. The molecule has 0 saturated carbocycles. The molecule has 0 amide bonds. The third kappa shape index (κ3) is 7.64. The first kappa shape index (κ1) is 25.9. The lowest BCUT2D eigenvalue weighted by Gasteiger charge is -2.44. The van der Waals surface area contributed by atoms with E-state index >= 15 is 0 Å². The lowest BCUT2D eigenvalue weighted by molar-refractivity contribution is -0.240. The van der Waals surface area contributed by atoms with E-state index < -0.39 is 24.4 Å². The van der Waals surface area contributed by atoms with Gasteiger partial charge in [0.25, 0.3) is 0 Å². The molecule has 1 heterocycles. The summed E-state index contributed by atoms with van der Waals surface area (Å²) in [6, 6.07) is 30.0. The zero-order valence-corrected chi connectivity index (χ0v) is 20.9. The normalized spacial score (nSPS) is 24.3. The van der Waals surface area contributed by atoms with E-state index in [2.05, 4.69) is 6.92 Å². The molecule has 1 N–H and O–H groups in total. The molecule has 0 aromatic heterocycles. The molecule has 0 radical (unpaired) electrons. The van der Waals surface area contributed by atoms with Crippen LogP contribution in [-0.2, 0) is 38.8 Å². The van der Waals surface area contributed by atoms with Crippen molar-refractivity contribution in [3.63, 3.8) is 0 Å². The van der Waals surface area contributed by atoms with Crippen LogP contribution < -0.4 is 0 Å². The minimum Gasteiger partial charge on any atom is -0.387 e. The smallest absolute Gasteiger partial charge is 0.132 e. The Morgan fingerprint density at radius 3 is 1.71 bits per heavy atom. The standard InChI is InChI=1S/C29H34O5S/c1-2-35-29-28(33-20-24-16-10-5-11-17-24)27(32-19-23-14-8-4-9-15-23)26(30)25(34-29)21-31-18-22-12-6-3-7-13-22/h3-17,25-30H,2,18-21H2,1H3/t25-,26-,27+,28+,29-/m1/s1. The molecule has 0 spiro atoms. The SMILES string of the molecule is CCS[C@H]1O[C@H](COCc2ccccc2)[C@@H](O)[C@H](OCc2ccccc2)[C@@H]1OCc1ccccc1. The van der Waals surface area contributed by atoms with Gasteiger partial charge >= 0.3 is 0 Å². The average molecular weight is 495 g/mol. The summed E-state index contributed by atoms with van der Waals surface area (Å²) < 4.78 is 25.0. The van der Waals surface area contributed by atoms with Crippen LogP contribution in [-0.4, -0.2) is 47.3 Å². The fourth-order valence-electron chi connectivity index (χ4n) is 4.09. The Labute approximate surface area is 212 Å². The van der Waals surface area contributed by atoms with Crippen LogP contribution in [0, 0.1) is 0 Å². The highest BCUT2D eigenvalue weighted by Gasteiger charge is 2.47. The van der Waals surface area contributed by atoms with E-state index in [0.29, 0.717) is 19.8 Å². The highest BCUT2D eigenvalue weighted by molar-refractivity contribution is 7.99. The summed E-state index contributed by atoms with van der Waals surface area (Å²) in [5, 5.41) is 11.3. The quantitative estimate of drug-likeness (QED) is 0.373. The predicted octanol–water partition coefficient (Wildman–Crippen LogP) is 5.21. The van der Waals surface area contributed by atoms with Crippen LogP contribution in [0.1, 0.15) is 23.6 Å². The molecule has 1 aliphatic heterocycles. The molecule has 6 heteroatoms. The Morgan fingerprint density at radius 2 is 1.20 bits per heavy atom. The maximum Gasteiger partial charge on any atom is 0.132 e. The second-order valence-corrected chi connectivity index (χ2v) is 9.89. The number of thioether (sulfide) groups is 1. The molecule has 1 fully saturated rings. The Bertz CT molecular complexity index is 972. The van der Waals surface area contributed by atoms with E-state index in [0.717, 1.165) is 22.4 Å². The van der Waals surface area contributed by atoms with Gasteiger partial charge in [0, 0.05) is 0 Å². The van der Waals surface area contributed by atoms with Gasteiger partial charge in [0.15, 0.2) is 0 Å². The first-order valence-corrected chi connectivity index (χ1v) is 13.2. The molecule has 186 valence electrons. The van der Waals surface area contributed by atoms with Crippen molar-refractivity contribution in [3.8, 4) is 0 Å². The summed E-state index contributed by atoms with van der Waals surface area (Å²) in [6.45, 7) is 3.63. The summed E-state index contributed by atoms with van der Waals surface area (Å²) in [5.74, 6) is 0.856. The van der Waals surface area contributed by atoms with Crippen molar-refractivity contribution in [3.05, 3.63) is 108 Å². The third-order valence-electron chi connectivity index (χ3n) is 5.91. The van der Waals surface area contributed by atoms with Crippen molar-refractivity contribution < 1.29 is 24.1 Å². The van der Waals surface area contributed by atoms with Gasteiger partial charge in [0.1, 0.15) is 29.9 Å². The van der Waals surface area contributed by atoms with Gasteiger partial charge in [0.05, 0.1) is 26.4 Å². The highest BCUT2D eigenvalue weighted by atomic mass is 32.2. The Kier molecular flexibility index (Phi) is 10.2. The molecule has 5 nitrogen and oxygen atoms in total. The van der Waals surface area contributed by atoms with Crippen LogP contribution in [0.15, 0.2) is 91.0 Å². The molecular weight excluding hydrogens is 460 g/mol. The van der Waals surface area contributed by atoms with E-state index in [1.807, 2.05) is 91.0 Å². The summed E-state index contributed by atoms with van der Waals surface area (Å²) in [7, 11) is 0. The van der Waals surface area contributed by atoms with Gasteiger partial charge in [-0.3, -0.25) is 0 Å². The van der Waals surface area contributed by atoms with Crippen molar-refractivity contribution in [1.82, 2.24) is 0 Å². The second-order valence-electron chi connectivity index (χ2n) is 8.51. The summed E-state index contributed by atoms with van der Waals surface area (Å²) in [6.07, 6.45) is -2.38. The molecular formula is C29H34O5S. The number of aliphatic hydroxyl groups excluding tert-OH is 1. The molecule has 3 aromatic rings. The van der Waals surface area contributed by atoms with E-state index in [4.69, 9.17) is 18.9 Å². The molecule has 0 unspecified atom stereocenters. The summed E-state index contributed by atoms with van der Waals surface area (Å²) in [4.78, 5) is 0. The van der Waals surface area contributed by atoms with Crippen molar-refractivity contribution in [1.29, 1.82) is 0 Å². The third-order valence-corrected chi connectivity index (χ3v) is 6.95. The van der Waals surface area contributed by atoms with E-state index in [9.17, 15) is 5.11 Å². The van der Waals surface area contributed by atoms with E-state index in [1.54, 1.807) is 11.8 Å². The highest BCUT2D eigenvalue weighted by Crippen LogP contribution is 2.33. The van der Waals surface area contributed by atoms with E-state index in [1.165, 1.54) is 0 Å². The maximum absolute atomic E-state index is 11.3. The number of rotatable bonds is 12. The molecule has 4 rings (SSSR count). The molecule has 1 aliphatic rings. The van der Waals surface area contributed by atoms with Crippen LogP contribution in [0.25, 0.3) is 0 Å². The molecule has 3 aromatic carbocycles. The van der Waals surface area contributed by atoms with Gasteiger partial charge in [0.2, 0.25) is 0 Å². The zero-order valence-electron chi connectivity index (χ0n) is 20.1. The minimum absolute atomic E-state index is 0.271. The lowest BCUT2D eigenvalue weighted by atomic mass is 9.99. The Hall–Kier alpha value is -2.19. The minimum atomic E-state index is -0.885. The van der Waals surface area contributed by atoms with Gasteiger partial charge in [-0.1, -0.05) is 97.9 Å². The van der Waals surface area contributed by atoms with Gasteiger partial charge in [-0.05, 0) is 22.4 Å². The molecule has 1 saturated heterocycles. The lowest BCUT2D eigenvalue weighted by Crippen LogP contribution is -2.59. The monoisotopic (exact) mass is 494 g/mol. The fraction of sp³-hybridized carbons (Fsp3) is 0.379. The summed E-state index contributed by atoms with van der Waals surface area (Å²) in [5.41, 5.74) is 2.92. The first-order chi connectivity index (χ1) is 17.2. The van der Waals surface area contributed by atoms with Crippen LogP contribution in [0.3, 0.4) is 0 Å². The van der Waals surface area contributed by atoms with Gasteiger partial charge < -0.3 is 24.1 Å². The van der Waals surface area contributed by atoms with Crippen molar-refractivity contribution in [2.24, 2.45) is 0 Å². The topological polar surface area (TPSA) is 57.2 Å². The Morgan fingerprint density at radius 1 is 0.714 bits per heavy atom. The molecule has 5 atom stereocenters. The first-order valence-electron chi connectivity index (χ1n) is 12.1. The van der Waals surface area contributed by atoms with Crippen LogP contribution in [0.2, 0.25) is 0 Å². The average Bonchev–Trinajstić information content (AvgIpc) is 2.90. The van der Waals surface area contributed by atoms with Crippen LogP contribution in [0.5, 0.6) is 0 Å². The van der Waals surface area contributed by atoms with Gasteiger partial charge in [-0.15, -0.1) is 11.8 Å². The number of hydrogen-bond acceptors (Lipinski definition) is 6. The Balaban J connectivity index is 1.47. The second kappa shape index (κ2) is 13.8. The van der Waals surface area contributed by atoms with Crippen LogP contribution >= 0.6 is 11.8 Å². The van der Waals surface area contributed by atoms with Crippen molar-refractivity contribution >= 4 is 11.8 Å². The van der Waals surface area contributed by atoms with Gasteiger partial charge in [-0.2, -0.15) is 0 Å². The van der Waals surface area contributed by atoms with Gasteiger partial charge in [-0.25, -0.2) is 0 Å². The van der Waals surface area contributed by atoms with Crippen molar-refractivity contribution in [2.45, 2.75) is 56.6 Å². The largest absolute Gasteiger partial charge is 0.387 e. The number of hydrogen-bond donors (Lipinski definition) is 1. The van der Waals surface area contributed by atoms with E-state index in [-0.39, 0.29) is 12.0 Å². The molecule has 0 aliphatic carbocycles. The zero-order chi connectivity index (χ0) is 24.3. The number of benzene rings is 3. The van der Waals surface area contributed by atoms with Crippen LogP contribution in [0.4, 0.5) is 0 Å².